The van der Waals surface area contributed by atoms with E-state index in [9.17, 15) is 5.11 Å². The average molecular weight is 240 g/mol. The maximum atomic E-state index is 9.77. The van der Waals surface area contributed by atoms with Gasteiger partial charge in [-0.3, -0.25) is 0 Å². The number of ether oxygens (including phenoxy) is 1. The minimum Gasteiger partial charge on any atom is -0.424 e. The van der Waals surface area contributed by atoms with Crippen molar-refractivity contribution in [3.63, 3.8) is 0 Å². The zero-order valence-electron chi connectivity index (χ0n) is 9.76. The van der Waals surface area contributed by atoms with Crippen molar-refractivity contribution in [1.29, 1.82) is 0 Å². The van der Waals surface area contributed by atoms with Gasteiger partial charge >= 0.3 is 0 Å². The number of rotatable bonds is 8. The molecule has 1 N–H and O–H groups in total. The molecule has 0 radical (unpaired) electrons. The van der Waals surface area contributed by atoms with Crippen molar-refractivity contribution in [3.05, 3.63) is 35.9 Å². The van der Waals surface area contributed by atoms with Crippen LogP contribution >= 0.6 is 0 Å². The fraction of sp³-hybridized carbons (Fsp3) is 0.500. The Balaban J connectivity index is 2.09. The van der Waals surface area contributed by atoms with Crippen molar-refractivity contribution in [2.45, 2.75) is 19.1 Å². The van der Waals surface area contributed by atoms with Gasteiger partial charge in [0, 0.05) is 13.2 Å². The van der Waals surface area contributed by atoms with E-state index in [1.54, 1.807) is 0 Å². The van der Waals surface area contributed by atoms with E-state index in [-0.39, 0.29) is 9.76 Å². The molecule has 16 heavy (non-hydrogen) atoms. The second-order valence-corrected chi connectivity index (χ2v) is 4.54. The Morgan fingerprint density at radius 1 is 1.25 bits per heavy atom. The molecule has 1 unspecified atom stereocenters. The average Bonchev–Trinajstić information content (AvgIpc) is 2.34. The summed E-state index contributed by atoms with van der Waals surface area (Å²) >= 11 is 0. The maximum Gasteiger partial charge on any atom is 0.158 e. The predicted octanol–water partition coefficient (Wildman–Crippen LogP) is 1.28. The van der Waals surface area contributed by atoms with Crippen LogP contribution in [0.15, 0.2) is 30.3 Å². The molecule has 0 aliphatic carbocycles. The molecule has 0 heterocycles. The number of hydrogen-bond donors (Lipinski definition) is 1. The Morgan fingerprint density at radius 2 is 2.00 bits per heavy atom. The number of aliphatic hydroxyl groups excluding tert-OH is 1. The Labute approximate surface area is 99.3 Å². The highest BCUT2D eigenvalue weighted by Gasteiger charge is 2.05. The van der Waals surface area contributed by atoms with E-state index in [0.29, 0.717) is 13.2 Å². The van der Waals surface area contributed by atoms with Gasteiger partial charge in [-0.1, -0.05) is 36.9 Å². The lowest BCUT2D eigenvalue weighted by Crippen LogP contribution is -2.09. The molecule has 90 valence electrons. The minimum absolute atomic E-state index is 0.283. The van der Waals surface area contributed by atoms with Crippen LogP contribution in [0.4, 0.5) is 0 Å². The van der Waals surface area contributed by atoms with E-state index in [1.807, 2.05) is 30.3 Å². The molecule has 1 aromatic carbocycles. The summed E-state index contributed by atoms with van der Waals surface area (Å²) in [4.78, 5) is 0. The highest BCUT2D eigenvalue weighted by Crippen LogP contribution is 2.11. The van der Waals surface area contributed by atoms with Crippen molar-refractivity contribution in [1.82, 2.24) is 0 Å². The second kappa shape index (κ2) is 8.47. The van der Waals surface area contributed by atoms with Crippen molar-refractivity contribution < 1.29 is 14.3 Å². The summed E-state index contributed by atoms with van der Waals surface area (Å²) in [6.07, 6.45) is 0.380. The lowest BCUT2D eigenvalue weighted by atomic mass is 10.1. The van der Waals surface area contributed by atoms with Crippen LogP contribution in [0.5, 0.6) is 0 Å². The third-order valence-electron chi connectivity index (χ3n) is 2.24. The van der Waals surface area contributed by atoms with Crippen LogP contribution in [0.3, 0.4) is 0 Å². The van der Waals surface area contributed by atoms with Crippen LogP contribution in [0.1, 0.15) is 18.1 Å². The van der Waals surface area contributed by atoms with Crippen molar-refractivity contribution in [3.8, 4) is 0 Å². The van der Waals surface area contributed by atoms with Gasteiger partial charge in [-0.25, -0.2) is 0 Å². The minimum atomic E-state index is -0.525. The van der Waals surface area contributed by atoms with Gasteiger partial charge in [0.05, 0.1) is 6.61 Å². The number of hydrogen-bond acceptors (Lipinski definition) is 3. The van der Waals surface area contributed by atoms with Gasteiger partial charge in [0.2, 0.25) is 0 Å². The van der Waals surface area contributed by atoms with Crippen LogP contribution in [0, 0.1) is 0 Å². The molecule has 1 aromatic rings. The fourth-order valence-electron chi connectivity index (χ4n) is 1.37. The predicted molar refractivity (Wildman–Crippen MR) is 67.2 cm³/mol. The first-order chi connectivity index (χ1) is 7.84. The van der Waals surface area contributed by atoms with E-state index in [2.05, 4.69) is 6.55 Å². The summed E-state index contributed by atoms with van der Waals surface area (Å²) in [7, 11) is -0.283. The van der Waals surface area contributed by atoms with Crippen LogP contribution in [0.25, 0.3) is 0 Å². The molecular weight excluding hydrogens is 220 g/mol. The molecule has 0 aliphatic rings. The molecule has 4 heteroatoms. The van der Waals surface area contributed by atoms with Gasteiger partial charge in [0.1, 0.15) is 6.10 Å². The summed E-state index contributed by atoms with van der Waals surface area (Å²) < 4.78 is 10.7. The Hall–Kier alpha value is -0.683. The largest absolute Gasteiger partial charge is 0.424 e. The molecule has 0 fully saturated rings. The maximum absolute atomic E-state index is 9.77. The summed E-state index contributed by atoms with van der Waals surface area (Å²) in [5, 5.41) is 9.77. The summed E-state index contributed by atoms with van der Waals surface area (Å²) in [6.45, 7) is 3.90. The monoisotopic (exact) mass is 240 g/mol. The van der Waals surface area contributed by atoms with E-state index in [4.69, 9.17) is 9.16 Å². The van der Waals surface area contributed by atoms with Gasteiger partial charge in [-0.15, -0.1) is 0 Å². The third kappa shape index (κ3) is 5.41. The molecule has 3 nitrogen and oxygen atoms in total. The zero-order valence-corrected chi connectivity index (χ0v) is 11.2. The first-order valence-corrected chi connectivity index (χ1v) is 7.72. The molecule has 0 aromatic heterocycles. The Morgan fingerprint density at radius 3 is 2.69 bits per heavy atom. The molecule has 0 spiro atoms. The molecule has 0 saturated heterocycles. The third-order valence-corrected chi connectivity index (χ3v) is 2.94. The van der Waals surface area contributed by atoms with E-state index in [0.717, 1.165) is 18.6 Å². The highest BCUT2D eigenvalue weighted by atomic mass is 28.2. The summed E-state index contributed by atoms with van der Waals surface area (Å²) in [6, 6.07) is 9.57. The van der Waals surface area contributed by atoms with Crippen LogP contribution in [-0.2, 0) is 9.16 Å². The Bertz CT molecular complexity index is 266. The first-order valence-electron chi connectivity index (χ1n) is 5.73. The Kier molecular flexibility index (Phi) is 7.08. The van der Waals surface area contributed by atoms with Crippen molar-refractivity contribution >= 4 is 9.76 Å². The number of aliphatic hydroxyl groups is 1. The smallest absolute Gasteiger partial charge is 0.158 e. The van der Waals surface area contributed by atoms with E-state index < -0.39 is 6.10 Å². The normalized spacial score (nSPS) is 13.4. The molecule has 1 rings (SSSR count). The van der Waals surface area contributed by atoms with Crippen molar-refractivity contribution in [2.24, 2.45) is 0 Å². The molecule has 0 aliphatic heterocycles. The van der Waals surface area contributed by atoms with Crippen LogP contribution in [-0.4, -0.2) is 34.7 Å². The number of benzene rings is 1. The standard InChI is InChI=1S/C12H20O3Si/c1-16-15-9-5-8-14-10-12(13)11-6-3-2-4-7-11/h2-4,6-7,12-13H,5,8-10,16H2,1H3. The van der Waals surface area contributed by atoms with Crippen molar-refractivity contribution in [2.75, 3.05) is 19.8 Å². The summed E-state index contributed by atoms with van der Waals surface area (Å²) in [5.74, 6) is 0. The second-order valence-electron chi connectivity index (χ2n) is 3.55. The van der Waals surface area contributed by atoms with E-state index in [1.165, 1.54) is 0 Å². The molecular formula is C12H20O3Si. The van der Waals surface area contributed by atoms with Gasteiger partial charge in [-0.05, 0) is 12.0 Å². The highest BCUT2D eigenvalue weighted by molar-refractivity contribution is 6.24. The zero-order chi connectivity index (χ0) is 11.6. The molecule has 1 atom stereocenters. The van der Waals surface area contributed by atoms with Gasteiger partial charge in [-0.2, -0.15) is 0 Å². The quantitative estimate of drug-likeness (QED) is 0.549. The van der Waals surface area contributed by atoms with Crippen LogP contribution < -0.4 is 0 Å². The topological polar surface area (TPSA) is 38.7 Å². The van der Waals surface area contributed by atoms with Gasteiger partial charge in [0.15, 0.2) is 9.76 Å². The SMILES string of the molecule is C[SiH2]OCCCOCC(O)c1ccccc1. The molecule has 0 amide bonds. The first kappa shape index (κ1) is 13.4. The van der Waals surface area contributed by atoms with Gasteiger partial charge < -0.3 is 14.3 Å². The van der Waals surface area contributed by atoms with Crippen LogP contribution in [0.2, 0.25) is 6.55 Å². The lowest BCUT2D eigenvalue weighted by Gasteiger charge is -2.11. The molecule has 0 bridgehead atoms. The van der Waals surface area contributed by atoms with E-state index >= 15 is 0 Å². The fourth-order valence-corrected chi connectivity index (χ4v) is 1.87. The molecule has 0 saturated carbocycles. The lowest BCUT2D eigenvalue weighted by molar-refractivity contribution is 0.0317. The summed E-state index contributed by atoms with van der Waals surface area (Å²) in [5.41, 5.74) is 0.903. The van der Waals surface area contributed by atoms with Gasteiger partial charge in [0.25, 0.3) is 0 Å².